The van der Waals surface area contributed by atoms with E-state index in [1.807, 2.05) is 50.2 Å². The zero-order valence-corrected chi connectivity index (χ0v) is 37.6. The molecule has 336 valence electrons. The minimum Gasteiger partial charge on any atom is -0.506 e. The molecule has 0 saturated heterocycles. The summed E-state index contributed by atoms with van der Waals surface area (Å²) in [6, 6.07) is 28.5. The molecule has 2 N–H and O–H groups in total. The molecule has 6 aromatic rings. The Balaban J connectivity index is 1.16. The number of phenolic OH excluding ortho intramolecular Hbond substituents is 1. The fourth-order valence-electron chi connectivity index (χ4n) is 7.37. The molecular formula is C49H57N7O7S. The molecule has 1 aromatic heterocycles. The van der Waals surface area contributed by atoms with Crippen LogP contribution in [0.15, 0.2) is 108 Å². The number of carbonyl (C=O) groups is 2. The number of phenols is 1. The van der Waals surface area contributed by atoms with Crippen molar-refractivity contribution in [3.63, 3.8) is 0 Å². The van der Waals surface area contributed by atoms with E-state index in [1.54, 1.807) is 42.5 Å². The summed E-state index contributed by atoms with van der Waals surface area (Å²) in [6.07, 6.45) is 14.9. The third kappa shape index (κ3) is 12.8. The minimum atomic E-state index is -0.593. The summed E-state index contributed by atoms with van der Waals surface area (Å²) >= 11 is 0.828. The molecule has 0 aliphatic rings. The zero-order chi connectivity index (χ0) is 45.3. The van der Waals surface area contributed by atoms with Gasteiger partial charge in [-0.05, 0) is 67.1 Å². The Morgan fingerprint density at radius 2 is 1.44 bits per heavy atom. The van der Waals surface area contributed by atoms with Crippen LogP contribution in [-0.2, 0) is 6.54 Å². The number of anilines is 1. The Bertz CT molecular complexity index is 2480. The maximum absolute atomic E-state index is 14.0. The van der Waals surface area contributed by atoms with E-state index in [0.717, 1.165) is 31.0 Å². The number of tetrazole rings is 1. The van der Waals surface area contributed by atoms with Crippen molar-refractivity contribution in [1.82, 2.24) is 25.1 Å². The second-order valence-electron chi connectivity index (χ2n) is 16.0. The van der Waals surface area contributed by atoms with Crippen molar-refractivity contribution in [3.8, 4) is 28.7 Å². The summed E-state index contributed by atoms with van der Waals surface area (Å²) in [6.45, 7) is 6.34. The van der Waals surface area contributed by atoms with E-state index >= 15 is 0 Å². The van der Waals surface area contributed by atoms with Gasteiger partial charge in [0.15, 0.2) is 0 Å². The first-order valence-corrected chi connectivity index (χ1v) is 23.0. The third-order valence-corrected chi connectivity index (χ3v) is 11.8. The number of nitro groups is 1. The molecule has 5 aromatic carbocycles. The Labute approximate surface area is 378 Å². The Hall–Kier alpha value is -6.48. The number of ether oxygens (including phenoxy) is 2. The zero-order valence-electron chi connectivity index (χ0n) is 36.8. The minimum absolute atomic E-state index is 0.0561. The summed E-state index contributed by atoms with van der Waals surface area (Å²) in [5.41, 5.74) is 1.20. The van der Waals surface area contributed by atoms with Crippen molar-refractivity contribution >= 4 is 45.1 Å². The van der Waals surface area contributed by atoms with Gasteiger partial charge in [-0.2, -0.15) is 4.68 Å². The maximum Gasteiger partial charge on any atom is 0.290 e. The number of benzene rings is 5. The van der Waals surface area contributed by atoms with Crippen molar-refractivity contribution in [1.29, 1.82) is 0 Å². The lowest BCUT2D eigenvalue weighted by Gasteiger charge is -2.27. The van der Waals surface area contributed by atoms with Crippen LogP contribution in [0.4, 0.5) is 16.2 Å². The molecule has 6 rings (SSSR count). The smallest absolute Gasteiger partial charge is 0.290 e. The fraction of sp³-hybridized carbons (Fsp3) is 0.367. The van der Waals surface area contributed by atoms with Gasteiger partial charge in [0.05, 0.1) is 35.0 Å². The number of rotatable bonds is 24. The van der Waals surface area contributed by atoms with Gasteiger partial charge in [0.2, 0.25) is 5.16 Å². The number of aromatic nitrogens is 4. The Kier molecular flexibility index (Phi) is 17.5. The monoisotopic (exact) mass is 887 g/mol. The number of aromatic hydroxyl groups is 1. The van der Waals surface area contributed by atoms with Crippen molar-refractivity contribution in [2.24, 2.45) is 0 Å². The van der Waals surface area contributed by atoms with Gasteiger partial charge >= 0.3 is 0 Å². The predicted molar refractivity (Wildman–Crippen MR) is 251 cm³/mol. The normalized spacial score (nSPS) is 11.2. The molecule has 0 aliphatic carbocycles. The summed E-state index contributed by atoms with van der Waals surface area (Å²) < 4.78 is 14.1. The number of amides is 2. The van der Waals surface area contributed by atoms with Crippen LogP contribution in [-0.4, -0.2) is 58.9 Å². The predicted octanol–water partition coefficient (Wildman–Crippen LogP) is 12.7. The molecule has 15 heteroatoms. The number of carbonyl (C=O) groups excluding carboxylic acids is 2. The SMILES string of the molecule is CCCCCCCCCCCCCCOc1ccccc1NC(=O)c1cc(Oc2ccc([N+](=O)[O-])cc2CN(C(=O)Sc2nnnn2-c2ccccc2)C(C)C)c2ccccc2c1O. The average molecular weight is 888 g/mol. The van der Waals surface area contributed by atoms with Crippen LogP contribution in [0.2, 0.25) is 0 Å². The topological polar surface area (TPSA) is 175 Å². The Morgan fingerprint density at radius 1 is 0.797 bits per heavy atom. The lowest BCUT2D eigenvalue weighted by Crippen LogP contribution is -2.34. The van der Waals surface area contributed by atoms with Gasteiger partial charge < -0.3 is 24.8 Å². The highest BCUT2D eigenvalue weighted by atomic mass is 32.2. The van der Waals surface area contributed by atoms with Gasteiger partial charge in [0, 0.05) is 46.3 Å². The molecule has 0 atom stereocenters. The number of para-hydroxylation sites is 3. The molecule has 0 saturated carbocycles. The van der Waals surface area contributed by atoms with E-state index in [2.05, 4.69) is 27.8 Å². The molecule has 0 aliphatic heterocycles. The first kappa shape index (κ1) is 47.0. The second kappa shape index (κ2) is 23.8. The molecule has 14 nitrogen and oxygen atoms in total. The van der Waals surface area contributed by atoms with Gasteiger partial charge in [-0.15, -0.1) is 5.10 Å². The first-order chi connectivity index (χ1) is 31.1. The van der Waals surface area contributed by atoms with Crippen LogP contribution in [0.5, 0.6) is 23.0 Å². The highest BCUT2D eigenvalue weighted by Crippen LogP contribution is 2.41. The van der Waals surface area contributed by atoms with E-state index in [9.17, 15) is 24.8 Å². The number of unbranched alkanes of at least 4 members (excludes halogenated alkanes) is 11. The van der Waals surface area contributed by atoms with E-state index < -0.39 is 16.1 Å². The highest BCUT2D eigenvalue weighted by Gasteiger charge is 2.26. The number of non-ortho nitro benzene ring substituents is 1. The first-order valence-electron chi connectivity index (χ1n) is 22.2. The summed E-state index contributed by atoms with van der Waals surface area (Å²) in [4.78, 5) is 41.0. The lowest BCUT2D eigenvalue weighted by molar-refractivity contribution is -0.384. The third-order valence-electron chi connectivity index (χ3n) is 10.9. The van der Waals surface area contributed by atoms with Crippen LogP contribution in [0, 0.1) is 10.1 Å². The largest absolute Gasteiger partial charge is 0.506 e. The van der Waals surface area contributed by atoms with Gasteiger partial charge in [0.1, 0.15) is 23.0 Å². The molecule has 0 bridgehead atoms. The number of nitrogens with one attached hydrogen (secondary N) is 1. The molecule has 1 heterocycles. The van der Waals surface area contributed by atoms with Gasteiger partial charge in [0.25, 0.3) is 16.8 Å². The summed E-state index contributed by atoms with van der Waals surface area (Å²) in [5.74, 6) is 0.103. The maximum atomic E-state index is 14.0. The molecule has 0 spiro atoms. The quantitative estimate of drug-likeness (QED) is 0.0256. The average Bonchev–Trinajstić information content (AvgIpc) is 3.76. The van der Waals surface area contributed by atoms with Gasteiger partial charge in [-0.25, -0.2) is 0 Å². The number of fused-ring (bicyclic) bond motifs is 1. The molecule has 0 fully saturated rings. The summed E-state index contributed by atoms with van der Waals surface area (Å²) in [5, 5.41) is 39.0. The van der Waals surface area contributed by atoms with E-state index in [-0.39, 0.29) is 46.2 Å². The Morgan fingerprint density at radius 3 is 2.12 bits per heavy atom. The van der Waals surface area contributed by atoms with E-state index in [1.165, 1.54) is 91.6 Å². The van der Waals surface area contributed by atoms with Crippen molar-refractivity contribution < 1.29 is 29.1 Å². The number of hydrogen-bond donors (Lipinski definition) is 2. The lowest BCUT2D eigenvalue weighted by atomic mass is 10.0. The molecule has 2 amide bonds. The van der Waals surface area contributed by atoms with Crippen LogP contribution in [0.25, 0.3) is 16.5 Å². The number of nitrogens with zero attached hydrogens (tertiary/aromatic N) is 6. The molecular weight excluding hydrogens is 831 g/mol. The molecule has 64 heavy (non-hydrogen) atoms. The van der Waals surface area contributed by atoms with Crippen LogP contribution >= 0.6 is 11.8 Å². The number of thioether (sulfide) groups is 1. The molecule has 0 unspecified atom stereocenters. The van der Waals surface area contributed by atoms with Crippen LogP contribution in [0.3, 0.4) is 0 Å². The second-order valence-corrected chi connectivity index (χ2v) is 16.9. The fourth-order valence-corrected chi connectivity index (χ4v) is 8.22. The number of hydrogen-bond acceptors (Lipinski definition) is 11. The van der Waals surface area contributed by atoms with Gasteiger partial charge in [-0.3, -0.25) is 19.7 Å². The molecule has 0 radical (unpaired) electrons. The van der Waals surface area contributed by atoms with Crippen molar-refractivity contribution in [2.75, 3.05) is 11.9 Å². The standard InChI is InChI=1S/C49H57N7O7S/c1-4-5-6-7-8-9-10-11-12-13-14-22-31-62-44-28-21-20-27-42(44)50-47(58)41-33-45(39-25-18-19-26-40(39)46(41)57)63-43-30-29-38(56(60)61)32-36(43)34-54(35(2)3)49(59)64-48-51-52-53-55(48)37-23-16-15-17-24-37/h15-21,23-30,32-33,35,57H,4-14,22,31,34H2,1-3H3,(H,50,58). The van der Waals surface area contributed by atoms with Crippen LogP contribution < -0.4 is 14.8 Å². The van der Waals surface area contributed by atoms with Crippen LogP contribution in [0.1, 0.15) is 114 Å². The number of nitro benzene ring substituents is 1. The van der Waals surface area contributed by atoms with Crippen molar-refractivity contribution in [2.45, 2.75) is 116 Å². The highest BCUT2D eigenvalue weighted by molar-refractivity contribution is 8.13. The van der Waals surface area contributed by atoms with E-state index in [4.69, 9.17) is 9.47 Å². The van der Waals surface area contributed by atoms with Crippen molar-refractivity contribution in [3.05, 3.63) is 124 Å². The summed E-state index contributed by atoms with van der Waals surface area (Å²) in [7, 11) is 0. The van der Waals surface area contributed by atoms with E-state index in [0.29, 0.717) is 40.1 Å². The van der Waals surface area contributed by atoms with Gasteiger partial charge in [-0.1, -0.05) is 132 Å².